The molecule has 1 heterocycles. The molecular formula is C17H34IN7O2. The molecule has 1 aromatic heterocycles. The fourth-order valence-corrected chi connectivity index (χ4v) is 2.08. The van der Waals surface area contributed by atoms with Gasteiger partial charge in [0.25, 0.3) is 0 Å². The van der Waals surface area contributed by atoms with Crippen LogP contribution in [0.4, 0.5) is 4.79 Å². The molecule has 0 unspecified atom stereocenters. The number of nitrogens with zero attached hydrogens (tertiary/aromatic N) is 4. The molecule has 0 spiro atoms. The standard InChI is InChI=1S/C17H33N7O2.HI/c1-5-18-15(19-9-6-7-12-24-13-22-23-14-24)20-10-8-11-21-16(25)26-17(2,3)4;/h13-14H,5-12H2,1-4H3,(H,21,25)(H2,18,19,20);1H. The highest BCUT2D eigenvalue weighted by molar-refractivity contribution is 14.0. The molecule has 0 aromatic carbocycles. The lowest BCUT2D eigenvalue weighted by Gasteiger charge is -2.19. The molecule has 27 heavy (non-hydrogen) atoms. The van der Waals surface area contributed by atoms with Crippen LogP contribution in [0.25, 0.3) is 0 Å². The minimum atomic E-state index is -0.473. The van der Waals surface area contributed by atoms with Gasteiger partial charge in [0.1, 0.15) is 18.3 Å². The summed E-state index contributed by atoms with van der Waals surface area (Å²) in [5, 5.41) is 16.8. The first kappa shape index (κ1) is 25.4. The molecule has 0 atom stereocenters. The minimum absolute atomic E-state index is 0. The zero-order chi connectivity index (χ0) is 19.3. The van der Waals surface area contributed by atoms with Crippen molar-refractivity contribution in [2.24, 2.45) is 4.99 Å². The number of rotatable bonds is 10. The van der Waals surface area contributed by atoms with Gasteiger partial charge in [-0.3, -0.25) is 4.99 Å². The van der Waals surface area contributed by atoms with E-state index in [-0.39, 0.29) is 30.1 Å². The molecule has 1 aromatic rings. The zero-order valence-electron chi connectivity index (χ0n) is 16.8. The van der Waals surface area contributed by atoms with Crippen molar-refractivity contribution in [3.05, 3.63) is 12.7 Å². The van der Waals surface area contributed by atoms with Crippen LogP contribution in [0.15, 0.2) is 17.6 Å². The van der Waals surface area contributed by atoms with Crippen LogP contribution in [-0.2, 0) is 11.3 Å². The molecule has 1 amide bonds. The molecule has 0 aliphatic carbocycles. The second-order valence-electron chi connectivity index (χ2n) is 6.88. The maximum atomic E-state index is 11.5. The SMILES string of the molecule is CCNC(=NCCCNC(=O)OC(C)(C)C)NCCCCn1cnnc1.I. The molecule has 0 bridgehead atoms. The van der Waals surface area contributed by atoms with Crippen molar-refractivity contribution in [3.63, 3.8) is 0 Å². The molecule has 9 nitrogen and oxygen atoms in total. The van der Waals surface area contributed by atoms with E-state index in [1.54, 1.807) is 12.7 Å². The van der Waals surface area contributed by atoms with Gasteiger partial charge in [-0.2, -0.15) is 0 Å². The van der Waals surface area contributed by atoms with Crippen LogP contribution in [-0.4, -0.2) is 58.6 Å². The molecule has 0 radical (unpaired) electrons. The van der Waals surface area contributed by atoms with Crippen LogP contribution >= 0.6 is 24.0 Å². The van der Waals surface area contributed by atoms with Gasteiger partial charge in [-0.1, -0.05) is 0 Å². The number of hydrogen-bond acceptors (Lipinski definition) is 5. The smallest absolute Gasteiger partial charge is 0.407 e. The van der Waals surface area contributed by atoms with Gasteiger partial charge in [-0.05, 0) is 47.0 Å². The molecular weight excluding hydrogens is 461 g/mol. The van der Waals surface area contributed by atoms with Crippen LogP contribution in [0.3, 0.4) is 0 Å². The van der Waals surface area contributed by atoms with Crippen LogP contribution < -0.4 is 16.0 Å². The third kappa shape index (κ3) is 14.2. The summed E-state index contributed by atoms with van der Waals surface area (Å²) in [6.07, 6.45) is 5.89. The van der Waals surface area contributed by atoms with E-state index in [2.05, 4.69) is 31.1 Å². The van der Waals surface area contributed by atoms with E-state index in [0.29, 0.717) is 13.1 Å². The van der Waals surface area contributed by atoms with Crippen LogP contribution in [0.1, 0.15) is 47.0 Å². The number of aromatic nitrogens is 3. The Hall–Kier alpha value is -1.59. The first-order valence-electron chi connectivity index (χ1n) is 9.22. The molecule has 0 fully saturated rings. The first-order chi connectivity index (χ1) is 12.4. The average Bonchev–Trinajstić information content (AvgIpc) is 3.05. The van der Waals surface area contributed by atoms with Gasteiger partial charge >= 0.3 is 6.09 Å². The largest absolute Gasteiger partial charge is 0.444 e. The Kier molecular flexibility index (Phi) is 13.6. The third-order valence-electron chi connectivity index (χ3n) is 3.22. The van der Waals surface area contributed by atoms with Gasteiger partial charge in [0, 0.05) is 32.7 Å². The summed E-state index contributed by atoms with van der Waals surface area (Å²) in [6.45, 7) is 11.3. The van der Waals surface area contributed by atoms with Gasteiger partial charge < -0.3 is 25.3 Å². The molecule has 3 N–H and O–H groups in total. The molecule has 1 rings (SSSR count). The number of hydrogen-bond donors (Lipinski definition) is 3. The molecule has 0 saturated heterocycles. The van der Waals surface area contributed by atoms with Crippen molar-refractivity contribution in [2.75, 3.05) is 26.2 Å². The number of amides is 1. The monoisotopic (exact) mass is 495 g/mol. The highest BCUT2D eigenvalue weighted by atomic mass is 127. The number of carbonyl (C=O) groups excluding carboxylic acids is 1. The van der Waals surface area contributed by atoms with Gasteiger partial charge in [-0.25, -0.2) is 4.79 Å². The number of nitrogens with one attached hydrogen (secondary N) is 3. The fraction of sp³-hybridized carbons (Fsp3) is 0.765. The maximum absolute atomic E-state index is 11.5. The number of alkyl carbamates (subject to hydrolysis) is 1. The lowest BCUT2D eigenvalue weighted by Crippen LogP contribution is -2.38. The predicted molar refractivity (Wildman–Crippen MR) is 118 cm³/mol. The minimum Gasteiger partial charge on any atom is -0.444 e. The number of carbonyl (C=O) groups is 1. The number of aryl methyl sites for hydroxylation is 1. The predicted octanol–water partition coefficient (Wildman–Crippen LogP) is 2.15. The maximum Gasteiger partial charge on any atom is 0.407 e. The Labute approximate surface area is 179 Å². The molecule has 0 saturated carbocycles. The van der Waals surface area contributed by atoms with E-state index in [4.69, 9.17) is 4.74 Å². The van der Waals surface area contributed by atoms with Gasteiger partial charge in [0.2, 0.25) is 0 Å². The van der Waals surface area contributed by atoms with Crippen molar-refractivity contribution in [1.29, 1.82) is 0 Å². The molecule has 156 valence electrons. The number of aliphatic imine (C=N–C) groups is 1. The van der Waals surface area contributed by atoms with Crippen molar-refractivity contribution in [2.45, 2.75) is 59.1 Å². The van der Waals surface area contributed by atoms with E-state index < -0.39 is 5.60 Å². The van der Waals surface area contributed by atoms with Crippen molar-refractivity contribution >= 4 is 36.0 Å². The number of guanidine groups is 1. The van der Waals surface area contributed by atoms with E-state index in [9.17, 15) is 4.79 Å². The van der Waals surface area contributed by atoms with Gasteiger partial charge in [0.05, 0.1) is 0 Å². The van der Waals surface area contributed by atoms with Crippen LogP contribution in [0, 0.1) is 0 Å². The Morgan fingerprint density at radius 2 is 1.74 bits per heavy atom. The highest BCUT2D eigenvalue weighted by Crippen LogP contribution is 2.06. The fourth-order valence-electron chi connectivity index (χ4n) is 2.08. The summed E-state index contributed by atoms with van der Waals surface area (Å²) in [7, 11) is 0. The topological polar surface area (TPSA) is 105 Å². The molecule has 0 aliphatic rings. The second-order valence-corrected chi connectivity index (χ2v) is 6.88. The second kappa shape index (κ2) is 14.5. The quantitative estimate of drug-likeness (QED) is 0.199. The lowest BCUT2D eigenvalue weighted by molar-refractivity contribution is 0.0527. The summed E-state index contributed by atoms with van der Waals surface area (Å²) in [5.74, 6) is 0.800. The van der Waals surface area contributed by atoms with Crippen molar-refractivity contribution < 1.29 is 9.53 Å². The Balaban J connectivity index is 0.00000676. The number of unbranched alkanes of at least 4 members (excludes halogenated alkanes) is 1. The van der Waals surface area contributed by atoms with Crippen LogP contribution in [0.5, 0.6) is 0 Å². The van der Waals surface area contributed by atoms with Crippen molar-refractivity contribution in [3.8, 4) is 0 Å². The Bertz CT molecular complexity index is 530. The summed E-state index contributed by atoms with van der Waals surface area (Å²) >= 11 is 0. The summed E-state index contributed by atoms with van der Waals surface area (Å²) < 4.78 is 7.16. The third-order valence-corrected chi connectivity index (χ3v) is 3.22. The summed E-state index contributed by atoms with van der Waals surface area (Å²) in [4.78, 5) is 16.1. The van der Waals surface area contributed by atoms with Crippen LogP contribution in [0.2, 0.25) is 0 Å². The van der Waals surface area contributed by atoms with E-state index >= 15 is 0 Å². The first-order valence-corrected chi connectivity index (χ1v) is 9.22. The summed E-state index contributed by atoms with van der Waals surface area (Å²) in [5.41, 5.74) is -0.473. The normalized spacial score (nSPS) is 11.5. The summed E-state index contributed by atoms with van der Waals surface area (Å²) in [6, 6.07) is 0. The van der Waals surface area contributed by atoms with Gasteiger partial charge in [-0.15, -0.1) is 34.2 Å². The van der Waals surface area contributed by atoms with Gasteiger partial charge in [0.15, 0.2) is 5.96 Å². The lowest BCUT2D eigenvalue weighted by atomic mass is 10.2. The number of halogens is 1. The van der Waals surface area contributed by atoms with Crippen molar-refractivity contribution in [1.82, 2.24) is 30.7 Å². The zero-order valence-corrected chi connectivity index (χ0v) is 19.2. The average molecular weight is 495 g/mol. The Morgan fingerprint density at radius 1 is 1.07 bits per heavy atom. The number of ether oxygens (including phenoxy) is 1. The van der Waals surface area contributed by atoms with E-state index in [0.717, 1.165) is 44.9 Å². The molecule has 10 heteroatoms. The molecule has 0 aliphatic heterocycles. The highest BCUT2D eigenvalue weighted by Gasteiger charge is 2.15. The van der Waals surface area contributed by atoms with E-state index in [1.807, 2.05) is 32.3 Å². The van der Waals surface area contributed by atoms with E-state index in [1.165, 1.54) is 0 Å². The Morgan fingerprint density at radius 3 is 2.37 bits per heavy atom.